The fraction of sp³-hybridized carbons (Fsp3) is 0.286. The number of hydrogen-bond donors (Lipinski definition) is 1. The second kappa shape index (κ2) is 5.37. The summed E-state index contributed by atoms with van der Waals surface area (Å²) < 4.78 is 1.82. The predicted molar refractivity (Wildman–Crippen MR) is 71.1 cm³/mol. The van der Waals surface area contributed by atoms with Crippen LogP contribution in [0, 0.1) is 11.3 Å². The van der Waals surface area contributed by atoms with Crippen LogP contribution in [0.1, 0.15) is 23.7 Å². The van der Waals surface area contributed by atoms with Crippen molar-refractivity contribution in [3.63, 3.8) is 0 Å². The smallest absolute Gasteiger partial charge is 0.0991 e. The van der Waals surface area contributed by atoms with Gasteiger partial charge in [-0.3, -0.25) is 4.68 Å². The van der Waals surface area contributed by atoms with Crippen molar-refractivity contribution in [3.05, 3.63) is 47.3 Å². The molecule has 1 aromatic heterocycles. The second-order valence-electron chi connectivity index (χ2n) is 4.18. The normalized spacial score (nSPS) is 10.1. The number of benzene rings is 1. The molecule has 0 amide bonds. The van der Waals surface area contributed by atoms with Gasteiger partial charge in [-0.1, -0.05) is 19.1 Å². The van der Waals surface area contributed by atoms with Gasteiger partial charge in [-0.25, -0.2) is 0 Å². The van der Waals surface area contributed by atoms with Crippen LogP contribution in [0.25, 0.3) is 0 Å². The van der Waals surface area contributed by atoms with E-state index in [1.165, 1.54) is 0 Å². The summed E-state index contributed by atoms with van der Waals surface area (Å²) in [6.07, 6.45) is 2.90. The SMILES string of the molecule is CCc1nn(C)cc1NCc1ccc(C#N)cc1. The van der Waals surface area contributed by atoms with E-state index < -0.39 is 0 Å². The average Bonchev–Trinajstić information content (AvgIpc) is 2.77. The van der Waals surface area contributed by atoms with Gasteiger partial charge in [-0.2, -0.15) is 10.4 Å². The van der Waals surface area contributed by atoms with Crippen LogP contribution in [0.5, 0.6) is 0 Å². The molecule has 0 bridgehead atoms. The molecule has 0 atom stereocenters. The third-order valence-electron chi connectivity index (χ3n) is 2.81. The van der Waals surface area contributed by atoms with E-state index in [1.807, 2.05) is 42.2 Å². The van der Waals surface area contributed by atoms with Gasteiger partial charge in [-0.15, -0.1) is 0 Å². The first-order chi connectivity index (χ1) is 8.72. The van der Waals surface area contributed by atoms with Crippen molar-refractivity contribution >= 4 is 5.69 Å². The molecule has 0 aliphatic carbocycles. The molecule has 0 saturated carbocycles. The first kappa shape index (κ1) is 12.2. The van der Waals surface area contributed by atoms with Gasteiger partial charge in [0.25, 0.3) is 0 Å². The van der Waals surface area contributed by atoms with Crippen LogP contribution in [0.2, 0.25) is 0 Å². The number of aryl methyl sites for hydroxylation is 2. The van der Waals surface area contributed by atoms with E-state index in [4.69, 9.17) is 5.26 Å². The van der Waals surface area contributed by atoms with Crippen molar-refractivity contribution in [3.8, 4) is 6.07 Å². The summed E-state index contributed by atoms with van der Waals surface area (Å²) in [6.45, 7) is 2.83. The molecule has 0 aliphatic rings. The van der Waals surface area contributed by atoms with Gasteiger partial charge in [0.2, 0.25) is 0 Å². The molecule has 1 heterocycles. The zero-order chi connectivity index (χ0) is 13.0. The number of rotatable bonds is 4. The highest BCUT2D eigenvalue weighted by Gasteiger charge is 2.04. The van der Waals surface area contributed by atoms with Gasteiger partial charge in [0.05, 0.1) is 23.0 Å². The highest BCUT2D eigenvalue weighted by molar-refractivity contribution is 5.47. The number of hydrogen-bond acceptors (Lipinski definition) is 3. The lowest BCUT2D eigenvalue weighted by Crippen LogP contribution is -2.00. The Morgan fingerprint density at radius 2 is 2.06 bits per heavy atom. The van der Waals surface area contributed by atoms with E-state index in [0.29, 0.717) is 5.56 Å². The van der Waals surface area contributed by atoms with Gasteiger partial charge in [0.1, 0.15) is 0 Å². The van der Waals surface area contributed by atoms with E-state index in [2.05, 4.69) is 23.4 Å². The number of nitriles is 1. The predicted octanol–water partition coefficient (Wildman–Crippen LogP) is 2.47. The molecule has 0 fully saturated rings. The van der Waals surface area contributed by atoms with Crippen molar-refractivity contribution in [2.75, 3.05) is 5.32 Å². The van der Waals surface area contributed by atoms with Crippen LogP contribution in [0.3, 0.4) is 0 Å². The van der Waals surface area contributed by atoms with Crippen molar-refractivity contribution in [1.82, 2.24) is 9.78 Å². The van der Waals surface area contributed by atoms with Crippen LogP contribution < -0.4 is 5.32 Å². The fourth-order valence-corrected chi connectivity index (χ4v) is 1.84. The van der Waals surface area contributed by atoms with Gasteiger partial charge in [0.15, 0.2) is 0 Å². The van der Waals surface area contributed by atoms with Crippen LogP contribution in [-0.2, 0) is 20.0 Å². The molecular formula is C14H16N4. The molecule has 0 radical (unpaired) electrons. The Morgan fingerprint density at radius 1 is 1.33 bits per heavy atom. The van der Waals surface area contributed by atoms with Crippen LogP contribution in [-0.4, -0.2) is 9.78 Å². The lowest BCUT2D eigenvalue weighted by molar-refractivity contribution is 0.746. The minimum atomic E-state index is 0.689. The molecule has 92 valence electrons. The van der Waals surface area contributed by atoms with E-state index >= 15 is 0 Å². The van der Waals surface area contributed by atoms with E-state index in [9.17, 15) is 0 Å². The summed E-state index contributed by atoms with van der Waals surface area (Å²) in [7, 11) is 1.92. The van der Waals surface area contributed by atoms with Crippen LogP contribution in [0.15, 0.2) is 30.5 Å². The lowest BCUT2D eigenvalue weighted by atomic mass is 10.1. The molecule has 4 heteroatoms. The summed E-state index contributed by atoms with van der Waals surface area (Å²) >= 11 is 0. The largest absolute Gasteiger partial charge is 0.378 e. The maximum absolute atomic E-state index is 8.73. The minimum Gasteiger partial charge on any atom is -0.378 e. The quantitative estimate of drug-likeness (QED) is 0.893. The molecule has 2 aromatic rings. The van der Waals surface area contributed by atoms with Gasteiger partial charge in [0, 0.05) is 19.8 Å². The third-order valence-corrected chi connectivity index (χ3v) is 2.81. The summed E-state index contributed by atoms with van der Waals surface area (Å²) in [6, 6.07) is 9.72. The summed E-state index contributed by atoms with van der Waals surface area (Å²) in [4.78, 5) is 0. The molecule has 1 N–H and O–H groups in total. The molecule has 0 unspecified atom stereocenters. The number of aromatic nitrogens is 2. The number of anilines is 1. The molecule has 2 rings (SSSR count). The maximum atomic E-state index is 8.73. The number of nitrogens with zero attached hydrogens (tertiary/aromatic N) is 3. The highest BCUT2D eigenvalue weighted by atomic mass is 15.3. The maximum Gasteiger partial charge on any atom is 0.0991 e. The Hall–Kier alpha value is -2.28. The molecular weight excluding hydrogens is 224 g/mol. The Bertz CT molecular complexity index is 560. The van der Waals surface area contributed by atoms with E-state index in [0.717, 1.165) is 29.9 Å². The van der Waals surface area contributed by atoms with Crippen LogP contribution >= 0.6 is 0 Å². The third kappa shape index (κ3) is 2.69. The van der Waals surface area contributed by atoms with E-state index in [-0.39, 0.29) is 0 Å². The molecule has 0 saturated heterocycles. The molecule has 0 spiro atoms. The average molecular weight is 240 g/mol. The zero-order valence-electron chi connectivity index (χ0n) is 10.6. The van der Waals surface area contributed by atoms with Crippen molar-refractivity contribution in [2.45, 2.75) is 19.9 Å². The standard InChI is InChI=1S/C14H16N4/c1-3-13-14(10-18(2)17-13)16-9-12-6-4-11(8-15)5-7-12/h4-7,10,16H,3,9H2,1-2H3. The van der Waals surface area contributed by atoms with Crippen molar-refractivity contribution in [1.29, 1.82) is 5.26 Å². The molecule has 0 aliphatic heterocycles. The van der Waals surface area contributed by atoms with Crippen molar-refractivity contribution in [2.24, 2.45) is 7.05 Å². The second-order valence-corrected chi connectivity index (χ2v) is 4.18. The summed E-state index contributed by atoms with van der Waals surface area (Å²) in [5.74, 6) is 0. The molecule has 1 aromatic carbocycles. The topological polar surface area (TPSA) is 53.6 Å². The fourth-order valence-electron chi connectivity index (χ4n) is 1.84. The number of nitrogens with one attached hydrogen (secondary N) is 1. The van der Waals surface area contributed by atoms with Gasteiger partial charge in [-0.05, 0) is 24.1 Å². The van der Waals surface area contributed by atoms with Gasteiger partial charge >= 0.3 is 0 Å². The van der Waals surface area contributed by atoms with Crippen LogP contribution in [0.4, 0.5) is 5.69 Å². The summed E-state index contributed by atoms with van der Waals surface area (Å²) in [5.41, 5.74) is 3.99. The Kier molecular flexibility index (Phi) is 3.63. The summed E-state index contributed by atoms with van der Waals surface area (Å²) in [5, 5.41) is 16.5. The van der Waals surface area contributed by atoms with Crippen molar-refractivity contribution < 1.29 is 0 Å². The highest BCUT2D eigenvalue weighted by Crippen LogP contribution is 2.15. The lowest BCUT2D eigenvalue weighted by Gasteiger charge is -2.05. The first-order valence-electron chi connectivity index (χ1n) is 5.98. The zero-order valence-corrected chi connectivity index (χ0v) is 10.6. The Balaban J connectivity index is 2.04. The Labute approximate surface area is 107 Å². The first-order valence-corrected chi connectivity index (χ1v) is 5.98. The monoisotopic (exact) mass is 240 g/mol. The molecule has 4 nitrogen and oxygen atoms in total. The Morgan fingerprint density at radius 3 is 2.67 bits per heavy atom. The van der Waals surface area contributed by atoms with E-state index in [1.54, 1.807) is 0 Å². The molecule has 18 heavy (non-hydrogen) atoms. The minimum absolute atomic E-state index is 0.689. The van der Waals surface area contributed by atoms with Gasteiger partial charge < -0.3 is 5.32 Å².